The Morgan fingerprint density at radius 2 is 2.00 bits per heavy atom. The SMILES string of the molecule is Cc1ccc(O)c(-c2cc(C)c(C#N)c(=O)[nH]2)c1. The van der Waals surface area contributed by atoms with Crippen LogP contribution in [0.25, 0.3) is 11.3 Å². The predicted molar refractivity (Wildman–Crippen MR) is 68.4 cm³/mol. The van der Waals surface area contributed by atoms with Gasteiger partial charge in [0.25, 0.3) is 5.56 Å². The molecule has 1 heterocycles. The summed E-state index contributed by atoms with van der Waals surface area (Å²) in [5.41, 5.74) is 2.31. The second-order valence-electron chi connectivity index (χ2n) is 4.20. The van der Waals surface area contributed by atoms with Crippen LogP contribution in [0.2, 0.25) is 0 Å². The molecule has 2 N–H and O–H groups in total. The lowest BCUT2D eigenvalue weighted by atomic mass is 10.0. The number of nitriles is 1. The molecule has 90 valence electrons. The summed E-state index contributed by atoms with van der Waals surface area (Å²) in [6.07, 6.45) is 0. The molecular weight excluding hydrogens is 228 g/mol. The van der Waals surface area contributed by atoms with Crippen molar-refractivity contribution in [2.24, 2.45) is 0 Å². The molecule has 0 aliphatic rings. The summed E-state index contributed by atoms with van der Waals surface area (Å²) < 4.78 is 0. The van der Waals surface area contributed by atoms with Gasteiger partial charge in [-0.1, -0.05) is 11.6 Å². The molecule has 0 fully saturated rings. The summed E-state index contributed by atoms with van der Waals surface area (Å²) in [7, 11) is 0. The molecular formula is C14H12N2O2. The summed E-state index contributed by atoms with van der Waals surface area (Å²) in [6, 6.07) is 8.70. The Bertz CT molecular complexity index is 709. The van der Waals surface area contributed by atoms with Crippen molar-refractivity contribution in [3.8, 4) is 23.1 Å². The molecule has 0 saturated heterocycles. The van der Waals surface area contributed by atoms with Gasteiger partial charge >= 0.3 is 0 Å². The first kappa shape index (κ1) is 11.9. The molecule has 0 spiro atoms. The maximum absolute atomic E-state index is 11.7. The molecule has 0 saturated carbocycles. The van der Waals surface area contributed by atoms with E-state index in [1.165, 1.54) is 0 Å². The van der Waals surface area contributed by atoms with Gasteiger partial charge in [0.1, 0.15) is 17.4 Å². The van der Waals surface area contributed by atoms with Gasteiger partial charge in [-0.2, -0.15) is 5.26 Å². The van der Waals surface area contributed by atoms with Gasteiger partial charge in [-0.25, -0.2) is 0 Å². The van der Waals surface area contributed by atoms with Crippen molar-refractivity contribution in [1.29, 1.82) is 5.26 Å². The van der Waals surface area contributed by atoms with E-state index in [1.807, 2.05) is 13.0 Å². The number of phenolic OH excluding ortho intramolecular Hbond substituents is 1. The second kappa shape index (κ2) is 4.38. The average Bonchev–Trinajstić information content (AvgIpc) is 2.32. The molecule has 0 aliphatic carbocycles. The van der Waals surface area contributed by atoms with Crippen LogP contribution in [0.4, 0.5) is 0 Å². The van der Waals surface area contributed by atoms with Gasteiger partial charge in [-0.3, -0.25) is 4.79 Å². The molecule has 2 rings (SSSR count). The number of hydrogen-bond acceptors (Lipinski definition) is 3. The lowest BCUT2D eigenvalue weighted by Gasteiger charge is -2.07. The molecule has 2 aromatic rings. The van der Waals surface area contributed by atoms with Crippen LogP contribution in [0, 0.1) is 25.2 Å². The Balaban J connectivity index is 2.70. The first-order valence-corrected chi connectivity index (χ1v) is 5.47. The summed E-state index contributed by atoms with van der Waals surface area (Å²) in [4.78, 5) is 14.3. The molecule has 0 atom stereocenters. The number of nitrogens with zero attached hydrogens (tertiary/aromatic N) is 1. The highest BCUT2D eigenvalue weighted by atomic mass is 16.3. The van der Waals surface area contributed by atoms with Crippen molar-refractivity contribution in [2.45, 2.75) is 13.8 Å². The molecule has 0 unspecified atom stereocenters. The van der Waals surface area contributed by atoms with Crippen LogP contribution >= 0.6 is 0 Å². The molecule has 0 aliphatic heterocycles. The number of aryl methyl sites for hydroxylation is 2. The zero-order chi connectivity index (χ0) is 13.3. The van der Waals surface area contributed by atoms with Gasteiger partial charge in [-0.15, -0.1) is 0 Å². The average molecular weight is 240 g/mol. The summed E-state index contributed by atoms with van der Waals surface area (Å²) in [5.74, 6) is 0.0976. The Kier molecular flexibility index (Phi) is 2.90. The molecule has 0 radical (unpaired) electrons. The fourth-order valence-corrected chi connectivity index (χ4v) is 1.84. The number of pyridine rings is 1. The van der Waals surface area contributed by atoms with Crippen LogP contribution in [0.3, 0.4) is 0 Å². The normalized spacial score (nSPS) is 10.1. The topological polar surface area (TPSA) is 76.9 Å². The van der Waals surface area contributed by atoms with Crippen molar-refractivity contribution < 1.29 is 5.11 Å². The number of aromatic hydroxyl groups is 1. The monoisotopic (exact) mass is 240 g/mol. The van der Waals surface area contributed by atoms with Gasteiger partial charge in [-0.05, 0) is 37.6 Å². The van der Waals surface area contributed by atoms with E-state index in [-0.39, 0.29) is 11.3 Å². The van der Waals surface area contributed by atoms with Crippen molar-refractivity contribution in [3.05, 3.63) is 51.3 Å². The van der Waals surface area contributed by atoms with Crippen LogP contribution in [-0.2, 0) is 0 Å². The highest BCUT2D eigenvalue weighted by Gasteiger charge is 2.10. The van der Waals surface area contributed by atoms with Gasteiger partial charge in [0.15, 0.2) is 0 Å². The third-order valence-corrected chi connectivity index (χ3v) is 2.78. The minimum atomic E-state index is -0.437. The first-order valence-electron chi connectivity index (χ1n) is 5.47. The lowest BCUT2D eigenvalue weighted by Crippen LogP contribution is -2.12. The Morgan fingerprint density at radius 1 is 1.28 bits per heavy atom. The van der Waals surface area contributed by atoms with Crippen LogP contribution < -0.4 is 5.56 Å². The number of aromatic amines is 1. The zero-order valence-electron chi connectivity index (χ0n) is 10.1. The van der Waals surface area contributed by atoms with Crippen molar-refractivity contribution in [2.75, 3.05) is 0 Å². The molecule has 18 heavy (non-hydrogen) atoms. The Labute approximate surface area is 104 Å². The Morgan fingerprint density at radius 3 is 2.61 bits per heavy atom. The highest BCUT2D eigenvalue weighted by molar-refractivity contribution is 5.68. The summed E-state index contributed by atoms with van der Waals surface area (Å²) in [6.45, 7) is 3.60. The van der Waals surface area contributed by atoms with Gasteiger partial charge in [0.05, 0.1) is 5.69 Å². The molecule has 4 nitrogen and oxygen atoms in total. The second-order valence-corrected chi connectivity index (χ2v) is 4.20. The molecule has 0 amide bonds. The van der Waals surface area contributed by atoms with E-state index < -0.39 is 5.56 Å². The standard InChI is InChI=1S/C14H12N2O2/c1-8-3-4-13(17)10(5-8)12-6-9(2)11(7-15)14(18)16-12/h3-6,17H,1-2H3,(H,16,18). The summed E-state index contributed by atoms with van der Waals surface area (Å²) >= 11 is 0. The van der Waals surface area contributed by atoms with Crippen LogP contribution in [-0.4, -0.2) is 10.1 Å². The van der Waals surface area contributed by atoms with E-state index in [2.05, 4.69) is 4.98 Å². The fraction of sp³-hybridized carbons (Fsp3) is 0.143. The van der Waals surface area contributed by atoms with E-state index in [9.17, 15) is 9.90 Å². The maximum atomic E-state index is 11.7. The summed E-state index contributed by atoms with van der Waals surface area (Å²) in [5, 5.41) is 18.6. The molecule has 1 aromatic heterocycles. The Hall–Kier alpha value is -2.54. The van der Waals surface area contributed by atoms with Crippen LogP contribution in [0.15, 0.2) is 29.1 Å². The highest BCUT2D eigenvalue weighted by Crippen LogP contribution is 2.28. The third-order valence-electron chi connectivity index (χ3n) is 2.78. The van der Waals surface area contributed by atoms with Crippen LogP contribution in [0.1, 0.15) is 16.7 Å². The molecule has 0 bridgehead atoms. The van der Waals surface area contributed by atoms with E-state index in [1.54, 1.807) is 31.2 Å². The fourth-order valence-electron chi connectivity index (χ4n) is 1.84. The smallest absolute Gasteiger partial charge is 0.266 e. The van der Waals surface area contributed by atoms with Crippen molar-refractivity contribution in [1.82, 2.24) is 4.98 Å². The molecule has 4 heteroatoms. The van der Waals surface area contributed by atoms with E-state index in [0.29, 0.717) is 16.8 Å². The van der Waals surface area contributed by atoms with Crippen molar-refractivity contribution >= 4 is 0 Å². The lowest BCUT2D eigenvalue weighted by molar-refractivity contribution is 0.477. The van der Waals surface area contributed by atoms with Crippen LogP contribution in [0.5, 0.6) is 5.75 Å². The van der Waals surface area contributed by atoms with E-state index in [4.69, 9.17) is 5.26 Å². The number of nitrogens with one attached hydrogen (secondary N) is 1. The number of phenols is 1. The number of rotatable bonds is 1. The zero-order valence-corrected chi connectivity index (χ0v) is 10.1. The van der Waals surface area contributed by atoms with E-state index >= 15 is 0 Å². The van der Waals surface area contributed by atoms with Gasteiger partial charge in [0, 0.05) is 5.56 Å². The number of hydrogen-bond donors (Lipinski definition) is 2. The number of benzene rings is 1. The predicted octanol–water partition coefficient (Wildman–Crippen LogP) is 2.24. The largest absolute Gasteiger partial charge is 0.507 e. The van der Waals surface area contributed by atoms with E-state index in [0.717, 1.165) is 5.56 Å². The first-order chi connectivity index (χ1) is 8.52. The third kappa shape index (κ3) is 1.98. The quantitative estimate of drug-likeness (QED) is 0.802. The number of aromatic nitrogens is 1. The van der Waals surface area contributed by atoms with Gasteiger partial charge in [0.2, 0.25) is 0 Å². The van der Waals surface area contributed by atoms with Crippen molar-refractivity contribution in [3.63, 3.8) is 0 Å². The minimum Gasteiger partial charge on any atom is -0.507 e. The minimum absolute atomic E-state index is 0.0976. The van der Waals surface area contributed by atoms with Gasteiger partial charge < -0.3 is 10.1 Å². The number of H-pyrrole nitrogens is 1. The maximum Gasteiger partial charge on any atom is 0.266 e. The molecule has 1 aromatic carbocycles.